The SMILES string of the molecule is C=N/C(=C\C=C/C)c1nc(Cl)cc(Cl)n1. The molecule has 0 saturated heterocycles. The Morgan fingerprint density at radius 2 is 2.00 bits per heavy atom. The van der Waals surface area contributed by atoms with Gasteiger partial charge < -0.3 is 0 Å². The van der Waals surface area contributed by atoms with Gasteiger partial charge in [-0.05, 0) is 19.7 Å². The zero-order valence-corrected chi connectivity index (χ0v) is 9.63. The minimum absolute atomic E-state index is 0.278. The van der Waals surface area contributed by atoms with Crippen LogP contribution in [0.5, 0.6) is 0 Å². The summed E-state index contributed by atoms with van der Waals surface area (Å²) < 4.78 is 0. The maximum Gasteiger partial charge on any atom is 0.180 e. The predicted molar refractivity (Wildman–Crippen MR) is 64.4 cm³/mol. The first-order valence-electron chi connectivity index (χ1n) is 4.17. The molecule has 15 heavy (non-hydrogen) atoms. The molecule has 0 aliphatic heterocycles. The van der Waals surface area contributed by atoms with Gasteiger partial charge in [0.2, 0.25) is 0 Å². The number of allylic oxidation sites excluding steroid dienone is 3. The smallest absolute Gasteiger partial charge is 0.180 e. The largest absolute Gasteiger partial charge is 0.261 e. The molecule has 1 rings (SSSR count). The van der Waals surface area contributed by atoms with E-state index in [-0.39, 0.29) is 10.3 Å². The van der Waals surface area contributed by atoms with Crippen molar-refractivity contribution in [1.29, 1.82) is 0 Å². The van der Waals surface area contributed by atoms with E-state index >= 15 is 0 Å². The van der Waals surface area contributed by atoms with Crippen molar-refractivity contribution in [3.8, 4) is 0 Å². The van der Waals surface area contributed by atoms with Crippen LogP contribution in [-0.2, 0) is 0 Å². The van der Waals surface area contributed by atoms with Gasteiger partial charge in [0.25, 0.3) is 0 Å². The molecule has 0 aromatic carbocycles. The number of aliphatic imine (C=N–C) groups is 1. The van der Waals surface area contributed by atoms with E-state index in [0.29, 0.717) is 11.5 Å². The third-order valence-corrected chi connectivity index (χ3v) is 1.90. The molecule has 0 aliphatic rings. The Morgan fingerprint density at radius 1 is 1.40 bits per heavy atom. The highest BCUT2D eigenvalue weighted by Crippen LogP contribution is 2.17. The summed E-state index contributed by atoms with van der Waals surface area (Å²) in [4.78, 5) is 11.8. The first-order chi connectivity index (χ1) is 7.17. The molecule has 3 nitrogen and oxygen atoms in total. The summed E-state index contributed by atoms with van der Waals surface area (Å²) in [5.41, 5.74) is 0.525. The summed E-state index contributed by atoms with van der Waals surface area (Å²) in [6.45, 7) is 5.32. The molecule has 1 heterocycles. The Labute approximate surface area is 98.2 Å². The highest BCUT2D eigenvalue weighted by atomic mass is 35.5. The summed E-state index contributed by atoms with van der Waals surface area (Å²) in [6.07, 6.45) is 5.40. The fraction of sp³-hybridized carbons (Fsp3) is 0.100. The topological polar surface area (TPSA) is 38.1 Å². The van der Waals surface area contributed by atoms with Gasteiger partial charge in [0.1, 0.15) is 16.0 Å². The molecular formula is C10H9Cl2N3. The van der Waals surface area contributed by atoms with E-state index < -0.39 is 0 Å². The van der Waals surface area contributed by atoms with Gasteiger partial charge >= 0.3 is 0 Å². The average molecular weight is 242 g/mol. The van der Waals surface area contributed by atoms with Crippen LogP contribution in [0.1, 0.15) is 12.7 Å². The lowest BCUT2D eigenvalue weighted by molar-refractivity contribution is 1.11. The molecular weight excluding hydrogens is 233 g/mol. The van der Waals surface area contributed by atoms with E-state index in [9.17, 15) is 0 Å². The lowest BCUT2D eigenvalue weighted by Crippen LogP contribution is -1.93. The summed E-state index contributed by atoms with van der Waals surface area (Å²) in [5.74, 6) is 0.362. The fourth-order valence-electron chi connectivity index (χ4n) is 0.890. The quantitative estimate of drug-likeness (QED) is 0.462. The molecule has 0 atom stereocenters. The lowest BCUT2D eigenvalue weighted by atomic mass is 10.3. The second-order valence-corrected chi connectivity index (χ2v) is 3.35. The van der Waals surface area contributed by atoms with E-state index in [4.69, 9.17) is 23.2 Å². The summed E-state index contributed by atoms with van der Waals surface area (Å²) in [6, 6.07) is 1.46. The third kappa shape index (κ3) is 3.46. The molecule has 0 radical (unpaired) electrons. The standard InChI is InChI=1S/C10H9Cl2N3/c1-3-4-5-7(13-2)10-14-8(11)6-9(12)15-10/h3-6H,2H2,1H3/b4-3-,7-5-. The van der Waals surface area contributed by atoms with Crippen molar-refractivity contribution in [2.75, 3.05) is 0 Å². The maximum absolute atomic E-state index is 5.74. The van der Waals surface area contributed by atoms with Gasteiger partial charge in [0.15, 0.2) is 5.82 Å². The van der Waals surface area contributed by atoms with E-state index in [0.717, 1.165) is 0 Å². The number of halogens is 2. The molecule has 0 saturated carbocycles. The van der Waals surface area contributed by atoms with Gasteiger partial charge in [-0.1, -0.05) is 35.4 Å². The molecule has 0 spiro atoms. The van der Waals surface area contributed by atoms with Gasteiger partial charge in [-0.2, -0.15) is 0 Å². The van der Waals surface area contributed by atoms with Gasteiger partial charge in [0, 0.05) is 6.07 Å². The Balaban J connectivity index is 3.17. The van der Waals surface area contributed by atoms with Crippen molar-refractivity contribution < 1.29 is 0 Å². The van der Waals surface area contributed by atoms with Crippen LogP contribution in [0.4, 0.5) is 0 Å². The molecule has 0 N–H and O–H groups in total. The van der Waals surface area contributed by atoms with Gasteiger partial charge in [-0.15, -0.1) is 0 Å². The Kier molecular flexibility index (Phi) is 4.46. The van der Waals surface area contributed by atoms with Crippen LogP contribution < -0.4 is 0 Å². The number of nitrogens with zero attached hydrogens (tertiary/aromatic N) is 3. The van der Waals surface area contributed by atoms with E-state index in [1.807, 2.05) is 19.1 Å². The van der Waals surface area contributed by atoms with Crippen molar-refractivity contribution in [3.63, 3.8) is 0 Å². The molecule has 0 bridgehead atoms. The highest BCUT2D eigenvalue weighted by Gasteiger charge is 2.05. The van der Waals surface area contributed by atoms with E-state index in [2.05, 4.69) is 21.7 Å². The normalized spacial score (nSPS) is 12.1. The lowest BCUT2D eigenvalue weighted by Gasteiger charge is -2.00. The average Bonchev–Trinajstić information content (AvgIpc) is 2.17. The minimum atomic E-state index is 0.278. The van der Waals surface area contributed by atoms with Crippen molar-refractivity contribution in [1.82, 2.24) is 9.97 Å². The number of hydrogen-bond donors (Lipinski definition) is 0. The molecule has 1 aromatic rings. The number of hydrogen-bond acceptors (Lipinski definition) is 3. The van der Waals surface area contributed by atoms with Crippen molar-refractivity contribution in [2.45, 2.75) is 6.92 Å². The molecule has 1 aromatic heterocycles. The first kappa shape index (κ1) is 11.9. The molecule has 0 fully saturated rings. The van der Waals surface area contributed by atoms with Crippen molar-refractivity contribution in [3.05, 3.63) is 40.4 Å². The molecule has 0 aliphatic carbocycles. The van der Waals surface area contributed by atoms with Crippen LogP contribution in [0.15, 0.2) is 29.3 Å². The highest BCUT2D eigenvalue weighted by molar-refractivity contribution is 6.33. The molecule has 5 heteroatoms. The second-order valence-electron chi connectivity index (χ2n) is 2.57. The summed E-state index contributed by atoms with van der Waals surface area (Å²) in [5, 5.41) is 0.556. The minimum Gasteiger partial charge on any atom is -0.261 e. The predicted octanol–water partition coefficient (Wildman–Crippen LogP) is 3.40. The zero-order chi connectivity index (χ0) is 11.3. The van der Waals surface area contributed by atoms with Gasteiger partial charge in [0.05, 0.1) is 0 Å². The number of rotatable bonds is 3. The van der Waals surface area contributed by atoms with E-state index in [1.165, 1.54) is 6.07 Å². The molecule has 0 unspecified atom stereocenters. The summed E-state index contributed by atoms with van der Waals surface area (Å²) in [7, 11) is 0. The Morgan fingerprint density at radius 3 is 2.47 bits per heavy atom. The summed E-state index contributed by atoms with van der Waals surface area (Å²) >= 11 is 11.5. The Hall–Kier alpha value is -1.19. The first-order valence-corrected chi connectivity index (χ1v) is 4.93. The molecule has 78 valence electrons. The van der Waals surface area contributed by atoms with Crippen LogP contribution in [0.3, 0.4) is 0 Å². The van der Waals surface area contributed by atoms with Crippen LogP contribution in [0, 0.1) is 0 Å². The van der Waals surface area contributed by atoms with Crippen LogP contribution in [-0.4, -0.2) is 16.7 Å². The van der Waals surface area contributed by atoms with Gasteiger partial charge in [-0.25, -0.2) is 9.97 Å². The van der Waals surface area contributed by atoms with Crippen molar-refractivity contribution in [2.24, 2.45) is 4.99 Å². The van der Waals surface area contributed by atoms with Crippen molar-refractivity contribution >= 4 is 35.6 Å². The number of aromatic nitrogens is 2. The monoisotopic (exact) mass is 241 g/mol. The van der Waals surface area contributed by atoms with Crippen LogP contribution in [0.2, 0.25) is 10.3 Å². The zero-order valence-electron chi connectivity index (χ0n) is 8.11. The van der Waals surface area contributed by atoms with E-state index in [1.54, 1.807) is 6.08 Å². The Bertz CT molecular complexity index is 404. The third-order valence-electron chi connectivity index (χ3n) is 1.51. The molecule has 0 amide bonds. The van der Waals surface area contributed by atoms with Gasteiger partial charge in [-0.3, -0.25) is 4.99 Å². The fourth-order valence-corrected chi connectivity index (χ4v) is 1.31. The van der Waals surface area contributed by atoms with Crippen LogP contribution in [0.25, 0.3) is 5.70 Å². The second kappa shape index (κ2) is 5.63. The van der Waals surface area contributed by atoms with Crippen LogP contribution >= 0.6 is 23.2 Å². The maximum atomic E-state index is 5.74.